The number of pyridine rings is 2. The zero-order valence-electron chi connectivity index (χ0n) is 12.4. The molecule has 2 heterocycles. The molecule has 0 saturated heterocycles. The van der Waals surface area contributed by atoms with Crippen molar-refractivity contribution < 1.29 is 0 Å². The average Bonchev–Trinajstić information content (AvgIpc) is 2.41. The lowest BCUT2D eigenvalue weighted by Crippen LogP contribution is -2.25. The van der Waals surface area contributed by atoms with Crippen LogP contribution in [0.2, 0.25) is 0 Å². The number of nitrogens with one attached hydrogen (secondary N) is 1. The summed E-state index contributed by atoms with van der Waals surface area (Å²) < 4.78 is 0. The van der Waals surface area contributed by atoms with E-state index in [-0.39, 0.29) is 6.04 Å². The van der Waals surface area contributed by atoms with Crippen LogP contribution in [0, 0.1) is 13.8 Å². The van der Waals surface area contributed by atoms with Crippen LogP contribution in [0.4, 0.5) is 5.69 Å². The Bertz CT molecular complexity index is 580. The first-order valence-electron chi connectivity index (χ1n) is 6.96. The molecule has 2 aromatic heterocycles. The first-order valence-corrected chi connectivity index (χ1v) is 6.96. The van der Waals surface area contributed by atoms with Crippen molar-refractivity contribution in [1.82, 2.24) is 15.3 Å². The second kappa shape index (κ2) is 6.48. The Morgan fingerprint density at radius 2 is 2.10 bits per heavy atom. The number of nitrogens with zero attached hydrogens (tertiary/aromatic N) is 2. The molecule has 4 nitrogen and oxygen atoms in total. The predicted molar refractivity (Wildman–Crippen MR) is 82.5 cm³/mol. The standard InChI is InChI=1S/C16H22N4/c1-4-19-15(8-13-10-18-6-5-14(13)17)16-12(3)7-11(2)9-20-16/h5-7,9-10,15,19H,4,8H2,1-3H3,(H2,17,18). The Labute approximate surface area is 120 Å². The third kappa shape index (κ3) is 3.33. The molecule has 0 bridgehead atoms. The number of nitrogens with two attached hydrogens (primary N) is 1. The highest BCUT2D eigenvalue weighted by Gasteiger charge is 2.16. The first kappa shape index (κ1) is 14.5. The van der Waals surface area contributed by atoms with Crippen molar-refractivity contribution in [3.05, 3.63) is 53.1 Å². The van der Waals surface area contributed by atoms with E-state index in [0.29, 0.717) is 0 Å². The summed E-state index contributed by atoms with van der Waals surface area (Å²) in [7, 11) is 0. The Balaban J connectivity index is 2.29. The largest absolute Gasteiger partial charge is 0.398 e. The number of hydrogen-bond acceptors (Lipinski definition) is 4. The van der Waals surface area contributed by atoms with Crippen molar-refractivity contribution in [2.45, 2.75) is 33.2 Å². The van der Waals surface area contributed by atoms with Gasteiger partial charge in [-0.2, -0.15) is 0 Å². The van der Waals surface area contributed by atoms with E-state index in [1.54, 1.807) is 6.20 Å². The summed E-state index contributed by atoms with van der Waals surface area (Å²) in [4.78, 5) is 8.76. The molecule has 0 spiro atoms. The highest BCUT2D eigenvalue weighted by molar-refractivity contribution is 5.45. The molecule has 2 aromatic rings. The van der Waals surface area contributed by atoms with Gasteiger partial charge < -0.3 is 11.1 Å². The Morgan fingerprint density at radius 1 is 1.30 bits per heavy atom. The number of aromatic nitrogens is 2. The van der Waals surface area contributed by atoms with Crippen LogP contribution in [-0.2, 0) is 6.42 Å². The molecule has 4 heteroatoms. The summed E-state index contributed by atoms with van der Waals surface area (Å²) in [6.07, 6.45) is 6.27. The summed E-state index contributed by atoms with van der Waals surface area (Å²) >= 11 is 0. The van der Waals surface area contributed by atoms with Gasteiger partial charge in [0.2, 0.25) is 0 Å². The molecule has 0 aliphatic rings. The van der Waals surface area contributed by atoms with Gasteiger partial charge in [0.05, 0.1) is 11.7 Å². The smallest absolute Gasteiger partial charge is 0.0605 e. The summed E-state index contributed by atoms with van der Waals surface area (Å²) in [6, 6.07) is 4.17. The second-order valence-electron chi connectivity index (χ2n) is 5.10. The molecule has 1 unspecified atom stereocenters. The van der Waals surface area contributed by atoms with E-state index in [1.165, 1.54) is 11.1 Å². The fourth-order valence-corrected chi connectivity index (χ4v) is 2.43. The fourth-order valence-electron chi connectivity index (χ4n) is 2.43. The highest BCUT2D eigenvalue weighted by atomic mass is 14.9. The molecule has 0 radical (unpaired) electrons. The van der Waals surface area contributed by atoms with Crippen LogP contribution in [0.15, 0.2) is 30.7 Å². The zero-order valence-corrected chi connectivity index (χ0v) is 12.4. The van der Waals surface area contributed by atoms with E-state index in [1.807, 2.05) is 18.5 Å². The average molecular weight is 270 g/mol. The van der Waals surface area contributed by atoms with Gasteiger partial charge in [-0.05, 0) is 49.6 Å². The molecular formula is C16H22N4. The number of rotatable bonds is 5. The van der Waals surface area contributed by atoms with Crippen molar-refractivity contribution >= 4 is 5.69 Å². The molecule has 0 amide bonds. The third-order valence-electron chi connectivity index (χ3n) is 3.40. The quantitative estimate of drug-likeness (QED) is 0.876. The SMILES string of the molecule is CCNC(Cc1cnccc1N)c1ncc(C)cc1C. The Kier molecular flexibility index (Phi) is 4.69. The third-order valence-corrected chi connectivity index (χ3v) is 3.40. The molecule has 0 aliphatic heterocycles. The minimum atomic E-state index is 0.159. The van der Waals surface area contributed by atoms with Gasteiger partial charge in [-0.25, -0.2) is 0 Å². The van der Waals surface area contributed by atoms with Crippen LogP contribution in [0.1, 0.15) is 35.3 Å². The monoisotopic (exact) mass is 270 g/mol. The predicted octanol–water partition coefficient (Wildman–Crippen LogP) is 2.57. The van der Waals surface area contributed by atoms with Gasteiger partial charge in [0.1, 0.15) is 0 Å². The maximum atomic E-state index is 6.02. The zero-order chi connectivity index (χ0) is 14.5. The molecule has 20 heavy (non-hydrogen) atoms. The van der Waals surface area contributed by atoms with Gasteiger partial charge in [-0.3, -0.25) is 9.97 Å². The number of likely N-dealkylation sites (N-methyl/N-ethyl adjacent to an activating group) is 1. The lowest BCUT2D eigenvalue weighted by Gasteiger charge is -2.20. The Hall–Kier alpha value is -1.94. The van der Waals surface area contributed by atoms with Gasteiger partial charge in [0.25, 0.3) is 0 Å². The van der Waals surface area contributed by atoms with Crippen LogP contribution in [0.25, 0.3) is 0 Å². The first-order chi connectivity index (χ1) is 9.61. The summed E-state index contributed by atoms with van der Waals surface area (Å²) in [5.74, 6) is 0. The Morgan fingerprint density at radius 3 is 2.75 bits per heavy atom. The molecule has 106 valence electrons. The molecular weight excluding hydrogens is 248 g/mol. The van der Waals surface area contributed by atoms with Crippen LogP contribution in [0.3, 0.4) is 0 Å². The van der Waals surface area contributed by atoms with E-state index < -0.39 is 0 Å². The number of anilines is 1. The van der Waals surface area contributed by atoms with Crippen LogP contribution in [-0.4, -0.2) is 16.5 Å². The normalized spacial score (nSPS) is 12.3. The minimum Gasteiger partial charge on any atom is -0.398 e. The van der Waals surface area contributed by atoms with Gasteiger partial charge in [-0.1, -0.05) is 13.0 Å². The summed E-state index contributed by atoms with van der Waals surface area (Å²) in [5, 5.41) is 3.49. The van der Waals surface area contributed by atoms with E-state index in [2.05, 4.69) is 42.1 Å². The van der Waals surface area contributed by atoms with E-state index in [0.717, 1.165) is 29.9 Å². The minimum absolute atomic E-state index is 0.159. The van der Waals surface area contributed by atoms with Crippen molar-refractivity contribution in [2.24, 2.45) is 0 Å². The van der Waals surface area contributed by atoms with Gasteiger partial charge in [0, 0.05) is 24.3 Å². The molecule has 2 rings (SSSR count). The molecule has 0 aromatic carbocycles. The highest BCUT2D eigenvalue weighted by Crippen LogP contribution is 2.22. The number of aryl methyl sites for hydroxylation is 2. The van der Waals surface area contributed by atoms with Crippen LogP contribution < -0.4 is 11.1 Å². The van der Waals surface area contributed by atoms with Crippen molar-refractivity contribution in [3.63, 3.8) is 0 Å². The van der Waals surface area contributed by atoms with Crippen molar-refractivity contribution in [3.8, 4) is 0 Å². The van der Waals surface area contributed by atoms with E-state index in [9.17, 15) is 0 Å². The maximum Gasteiger partial charge on any atom is 0.0605 e. The van der Waals surface area contributed by atoms with Crippen LogP contribution >= 0.6 is 0 Å². The summed E-state index contributed by atoms with van der Waals surface area (Å²) in [5.41, 5.74) is 11.3. The fraction of sp³-hybridized carbons (Fsp3) is 0.375. The van der Waals surface area contributed by atoms with Crippen molar-refractivity contribution in [2.75, 3.05) is 12.3 Å². The molecule has 0 saturated carbocycles. The van der Waals surface area contributed by atoms with E-state index in [4.69, 9.17) is 5.73 Å². The van der Waals surface area contributed by atoms with Gasteiger partial charge in [0.15, 0.2) is 0 Å². The summed E-state index contributed by atoms with van der Waals surface area (Å²) in [6.45, 7) is 7.15. The van der Waals surface area contributed by atoms with Crippen LogP contribution in [0.5, 0.6) is 0 Å². The van der Waals surface area contributed by atoms with Crippen molar-refractivity contribution in [1.29, 1.82) is 0 Å². The maximum absolute atomic E-state index is 6.02. The van der Waals surface area contributed by atoms with Gasteiger partial charge >= 0.3 is 0 Å². The molecule has 3 N–H and O–H groups in total. The molecule has 0 aliphatic carbocycles. The van der Waals surface area contributed by atoms with E-state index >= 15 is 0 Å². The number of hydrogen-bond donors (Lipinski definition) is 2. The molecule has 0 fully saturated rings. The number of nitrogen functional groups attached to an aromatic ring is 1. The lowest BCUT2D eigenvalue weighted by molar-refractivity contribution is 0.533. The van der Waals surface area contributed by atoms with Gasteiger partial charge in [-0.15, -0.1) is 0 Å². The second-order valence-corrected chi connectivity index (χ2v) is 5.10. The lowest BCUT2D eigenvalue weighted by atomic mass is 9.99. The topological polar surface area (TPSA) is 63.8 Å². The molecule has 1 atom stereocenters.